The van der Waals surface area contributed by atoms with E-state index in [0.29, 0.717) is 23.3 Å². The van der Waals surface area contributed by atoms with Crippen LogP contribution in [0.4, 0.5) is 11.5 Å². The van der Waals surface area contributed by atoms with E-state index in [1.807, 2.05) is 12.1 Å². The Morgan fingerprint density at radius 2 is 1.83 bits per heavy atom. The maximum Gasteiger partial charge on any atom is 0.192 e. The van der Waals surface area contributed by atoms with E-state index < -0.39 is 18.2 Å². The van der Waals surface area contributed by atoms with Gasteiger partial charge in [0.25, 0.3) is 0 Å². The minimum absolute atomic E-state index is 0.207. The molecule has 1 saturated carbocycles. The highest BCUT2D eigenvalue weighted by Crippen LogP contribution is 2.43. The van der Waals surface area contributed by atoms with Crippen molar-refractivity contribution >= 4 is 29.7 Å². The summed E-state index contributed by atoms with van der Waals surface area (Å²) in [5.41, 5.74) is 2.65. The Morgan fingerprint density at radius 3 is 2.49 bits per heavy atom. The molecule has 35 heavy (non-hydrogen) atoms. The molecule has 4 rings (SSSR count). The molecular formula is C27H43N3O3SSi. The molecule has 0 bridgehead atoms. The predicted molar refractivity (Wildman–Crippen MR) is 146 cm³/mol. The molecule has 2 heterocycles. The van der Waals surface area contributed by atoms with Crippen molar-refractivity contribution in [3.8, 4) is 0 Å². The van der Waals surface area contributed by atoms with Crippen LogP contribution < -0.4 is 5.32 Å². The summed E-state index contributed by atoms with van der Waals surface area (Å²) in [7, 11) is -5.01. The van der Waals surface area contributed by atoms with E-state index in [4.69, 9.17) is 9.52 Å². The van der Waals surface area contributed by atoms with Gasteiger partial charge in [0, 0.05) is 23.8 Å². The zero-order chi connectivity index (χ0) is 25.8. The first-order chi connectivity index (χ1) is 16.1. The molecule has 1 aliphatic heterocycles. The summed E-state index contributed by atoms with van der Waals surface area (Å²) < 4.78 is 34.0. The summed E-state index contributed by atoms with van der Waals surface area (Å²) in [4.78, 5) is 0.470. The third kappa shape index (κ3) is 5.39. The molecule has 0 radical (unpaired) electrons. The zero-order valence-corrected chi connectivity index (χ0v) is 24.6. The second-order valence-corrected chi connectivity index (χ2v) is 19.7. The Morgan fingerprint density at radius 1 is 1.11 bits per heavy atom. The van der Waals surface area contributed by atoms with Crippen LogP contribution in [0.3, 0.4) is 0 Å². The predicted octanol–water partition coefficient (Wildman–Crippen LogP) is 6.76. The van der Waals surface area contributed by atoms with Crippen molar-refractivity contribution in [2.24, 2.45) is 0 Å². The van der Waals surface area contributed by atoms with Crippen molar-refractivity contribution < 1.29 is 12.8 Å². The molecule has 6 nitrogen and oxygen atoms in total. The van der Waals surface area contributed by atoms with Gasteiger partial charge in [-0.15, -0.1) is 0 Å². The summed E-state index contributed by atoms with van der Waals surface area (Å²) in [5.74, 6) is 1.52. The van der Waals surface area contributed by atoms with Gasteiger partial charge in [0.1, 0.15) is 5.82 Å². The zero-order valence-electron chi connectivity index (χ0n) is 22.7. The fourth-order valence-electron chi connectivity index (χ4n) is 5.03. The van der Waals surface area contributed by atoms with Crippen LogP contribution >= 0.6 is 0 Å². The summed E-state index contributed by atoms with van der Waals surface area (Å²) in [5, 5.41) is 8.85. The molecule has 0 saturated heterocycles. The molecular weight excluding hydrogens is 474 g/mol. The summed E-state index contributed by atoms with van der Waals surface area (Å²) in [6.45, 7) is 18.0. The Balaban J connectivity index is 1.60. The number of nitrogens with one attached hydrogen (secondary N) is 1. The maximum absolute atomic E-state index is 12.6. The number of sulfone groups is 1. The van der Waals surface area contributed by atoms with E-state index in [1.165, 1.54) is 0 Å². The van der Waals surface area contributed by atoms with Gasteiger partial charge >= 0.3 is 0 Å². The van der Waals surface area contributed by atoms with Gasteiger partial charge in [0.05, 0.1) is 21.9 Å². The van der Waals surface area contributed by atoms with Crippen LogP contribution in [0.2, 0.25) is 18.1 Å². The largest absolute Gasteiger partial charge is 0.414 e. The molecule has 1 aliphatic carbocycles. The number of nitrogens with zero attached hydrogens (tertiary/aromatic N) is 2. The molecule has 8 heteroatoms. The van der Waals surface area contributed by atoms with Gasteiger partial charge < -0.3 is 9.74 Å². The minimum Gasteiger partial charge on any atom is -0.414 e. The molecule has 2 atom stereocenters. The van der Waals surface area contributed by atoms with Gasteiger partial charge in [0.15, 0.2) is 18.2 Å². The number of hydrogen-bond donors (Lipinski definition) is 1. The van der Waals surface area contributed by atoms with Gasteiger partial charge in [-0.3, -0.25) is 0 Å². The lowest BCUT2D eigenvalue weighted by atomic mass is 10.0. The Labute approximate surface area is 212 Å². The van der Waals surface area contributed by atoms with Crippen molar-refractivity contribution in [2.75, 3.05) is 11.1 Å². The first kappa shape index (κ1) is 26.4. The highest BCUT2D eigenvalue weighted by atomic mass is 32.2. The third-order valence-corrected chi connectivity index (χ3v) is 14.4. The minimum atomic E-state index is -3.21. The number of anilines is 2. The number of hydrogen-bond acceptors (Lipinski definition) is 5. The average Bonchev–Trinajstić information content (AvgIpc) is 3.34. The van der Waals surface area contributed by atoms with E-state index >= 15 is 0 Å². The molecule has 1 aromatic heterocycles. The quantitative estimate of drug-likeness (QED) is 0.444. The van der Waals surface area contributed by atoms with Crippen molar-refractivity contribution in [1.29, 1.82) is 0 Å². The molecule has 1 N–H and O–H groups in total. The molecule has 2 aliphatic rings. The van der Waals surface area contributed by atoms with E-state index in [1.54, 1.807) is 6.07 Å². The summed E-state index contributed by atoms with van der Waals surface area (Å²) >= 11 is 0. The molecule has 1 aromatic carbocycles. The van der Waals surface area contributed by atoms with Crippen LogP contribution in [0, 0.1) is 0 Å². The third-order valence-electron chi connectivity index (χ3n) is 8.00. The fourth-order valence-corrected chi connectivity index (χ4v) is 8.05. The van der Waals surface area contributed by atoms with Crippen molar-refractivity contribution in [2.45, 2.75) is 114 Å². The number of benzene rings is 1. The average molecular weight is 518 g/mol. The topological polar surface area (TPSA) is 73.2 Å². The van der Waals surface area contributed by atoms with Crippen LogP contribution in [0.15, 0.2) is 29.2 Å². The van der Waals surface area contributed by atoms with E-state index in [0.717, 1.165) is 48.4 Å². The van der Waals surface area contributed by atoms with Gasteiger partial charge in [-0.1, -0.05) is 26.8 Å². The number of aromatic nitrogens is 2. The SMILES string of the molecule is CC(C)(C)n1nc([C@H]2CC[C@@H](O[Si](C)(C)C(C)(C)C)C2)cc1Nc1cccc2c1CCCS2(=O)=O. The van der Waals surface area contributed by atoms with Gasteiger partial charge in [-0.05, 0) is 88.7 Å². The Kier molecular flexibility index (Phi) is 6.82. The van der Waals surface area contributed by atoms with Gasteiger partial charge in [0.2, 0.25) is 0 Å². The summed E-state index contributed by atoms with van der Waals surface area (Å²) in [6.07, 6.45) is 4.89. The monoisotopic (exact) mass is 517 g/mol. The maximum atomic E-state index is 12.6. The Bertz CT molecular complexity index is 1190. The summed E-state index contributed by atoms with van der Waals surface area (Å²) in [6, 6.07) is 7.73. The van der Waals surface area contributed by atoms with Crippen molar-refractivity contribution in [3.63, 3.8) is 0 Å². The Hall–Kier alpha value is -1.64. The van der Waals surface area contributed by atoms with Crippen molar-refractivity contribution in [3.05, 3.63) is 35.5 Å². The van der Waals surface area contributed by atoms with Crippen LogP contribution in [0.5, 0.6) is 0 Å². The number of fused-ring (bicyclic) bond motifs is 1. The second kappa shape index (κ2) is 9.03. The smallest absolute Gasteiger partial charge is 0.192 e. The standard InChI is InChI=1S/C27H43N3O3SSi/c1-26(2,3)30-25(28-22-12-9-13-24-21(22)11-10-16-34(24,31)32)18-23(29-30)19-14-15-20(17-19)33-35(7,8)27(4,5)6/h9,12-13,18-20,28H,10-11,14-17H2,1-8H3/t19-,20+/m0/s1. The lowest BCUT2D eigenvalue weighted by Crippen LogP contribution is -2.43. The lowest BCUT2D eigenvalue weighted by Gasteiger charge is -2.38. The van der Waals surface area contributed by atoms with E-state index in [2.05, 4.69) is 70.7 Å². The van der Waals surface area contributed by atoms with Crippen molar-refractivity contribution in [1.82, 2.24) is 9.78 Å². The van der Waals surface area contributed by atoms with Gasteiger partial charge in [-0.2, -0.15) is 5.10 Å². The highest BCUT2D eigenvalue weighted by molar-refractivity contribution is 7.91. The molecule has 1 fully saturated rings. The molecule has 0 unspecified atom stereocenters. The van der Waals surface area contributed by atoms with E-state index in [9.17, 15) is 8.42 Å². The fraction of sp³-hybridized carbons (Fsp3) is 0.667. The lowest BCUT2D eigenvalue weighted by molar-refractivity contribution is 0.186. The van der Waals surface area contributed by atoms with Gasteiger partial charge in [-0.25, -0.2) is 13.1 Å². The molecule has 2 aromatic rings. The first-order valence-electron chi connectivity index (χ1n) is 13.0. The second-order valence-electron chi connectivity index (χ2n) is 12.9. The molecule has 0 spiro atoms. The first-order valence-corrected chi connectivity index (χ1v) is 17.5. The van der Waals surface area contributed by atoms with Crippen LogP contribution in [0.25, 0.3) is 0 Å². The molecule has 0 amide bonds. The molecule has 194 valence electrons. The number of rotatable bonds is 5. The van der Waals surface area contributed by atoms with Crippen LogP contribution in [-0.4, -0.2) is 38.4 Å². The van der Waals surface area contributed by atoms with E-state index in [-0.39, 0.29) is 16.3 Å². The highest BCUT2D eigenvalue weighted by Gasteiger charge is 2.41. The normalized spacial score (nSPS) is 22.7. The van der Waals surface area contributed by atoms with Crippen LogP contribution in [0.1, 0.15) is 84.4 Å². The van der Waals surface area contributed by atoms with Crippen LogP contribution in [-0.2, 0) is 26.2 Å².